The molecule has 21 radical (unpaired) electrons. The molecule has 0 aromatic heterocycles. The fraction of sp³-hybridized carbons (Fsp3) is 0.833. The monoisotopic (exact) mass is 2370 g/mol. The van der Waals surface area contributed by atoms with Gasteiger partial charge in [-0.05, 0) is 51.4 Å². The van der Waals surface area contributed by atoms with E-state index in [0.717, 1.165) is 30.8 Å². The predicted molar refractivity (Wildman–Crippen MR) is 212 cm³/mol. The molecular formula is C24H64B3O8Si9Y18-4. The van der Waals surface area contributed by atoms with Crippen LogP contribution in [0.3, 0.4) is 0 Å². The van der Waals surface area contributed by atoms with Crippen LogP contribution in [0, 0.1) is 26.2 Å². The molecule has 0 aliphatic rings. The molecule has 62 heavy (non-hydrogen) atoms. The fourth-order valence-corrected chi connectivity index (χ4v) is 32.5. The van der Waals surface area contributed by atoms with Crippen LogP contribution in [-0.2, 0) is 618 Å². The van der Waals surface area contributed by atoms with Crippen molar-refractivity contribution in [3.63, 3.8) is 0 Å². The molecule has 1 unspecified atom stereocenters. The Morgan fingerprint density at radius 2 is 0.710 bits per heavy atom. The molecule has 8 nitrogen and oxygen atoms in total. The summed E-state index contributed by atoms with van der Waals surface area (Å²) in [7, 11) is -15.9. The first-order valence-electron chi connectivity index (χ1n) is 15.7. The third-order valence-electron chi connectivity index (χ3n) is 6.05. The van der Waals surface area contributed by atoms with E-state index >= 15 is 0 Å². The molecule has 0 aliphatic heterocycles. The summed E-state index contributed by atoms with van der Waals surface area (Å²) >= 11 is 0. The molecule has 0 saturated heterocycles. The molecule has 1 N–H and O–H groups in total. The van der Waals surface area contributed by atoms with Crippen molar-refractivity contribution in [2.24, 2.45) is 0 Å². The Balaban J connectivity index is -0.0000000604. The number of hydrogen-bond acceptors (Lipinski definition) is 8. The van der Waals surface area contributed by atoms with Gasteiger partial charge in [0, 0.05) is 637 Å². The van der Waals surface area contributed by atoms with E-state index in [1.807, 2.05) is 52.4 Å². The summed E-state index contributed by atoms with van der Waals surface area (Å²) in [5.41, 5.74) is 0. The summed E-state index contributed by atoms with van der Waals surface area (Å²) in [6.07, 6.45) is 1.75. The third-order valence-corrected chi connectivity index (χ3v) is 33.4. The van der Waals surface area contributed by atoms with Crippen molar-refractivity contribution in [3.05, 3.63) is 26.2 Å². The van der Waals surface area contributed by atoms with Gasteiger partial charge in [0.05, 0.1) is 6.60 Å². The Morgan fingerprint density at radius 3 is 0.952 bits per heavy atom. The van der Waals surface area contributed by atoms with Crippen LogP contribution in [0.2, 0.25) is 116 Å². The maximum Gasteiger partial charge on any atom is 0.643 e. The van der Waals surface area contributed by atoms with Gasteiger partial charge in [0.1, 0.15) is 0 Å². The first-order chi connectivity index (χ1) is 19.1. The van der Waals surface area contributed by atoms with Crippen molar-refractivity contribution < 1.29 is 622 Å². The van der Waals surface area contributed by atoms with Crippen LogP contribution in [-0.4, -0.2) is 103 Å². The van der Waals surface area contributed by atoms with Crippen LogP contribution in [0.5, 0.6) is 0 Å². The maximum atomic E-state index is 11.6. The fourth-order valence-electron chi connectivity index (χ4n) is 4.44. The van der Waals surface area contributed by atoms with Crippen LogP contribution in [0.25, 0.3) is 0 Å². The van der Waals surface area contributed by atoms with E-state index < -0.39 is 76.3 Å². The Labute approximate surface area is 850 Å². The summed E-state index contributed by atoms with van der Waals surface area (Å²) in [5, 5.41) is 0. The van der Waals surface area contributed by atoms with Crippen molar-refractivity contribution in [1.29, 1.82) is 0 Å². The Hall–Kier alpha value is 21.7. The molecule has 0 heterocycles. The van der Waals surface area contributed by atoms with E-state index in [1.54, 1.807) is 7.06 Å². The third kappa shape index (κ3) is 81.7. The Kier molecular flexibility index (Phi) is 145. The molecule has 0 spiro atoms. The van der Waals surface area contributed by atoms with Crippen LogP contribution >= 0.6 is 0 Å². The maximum absolute atomic E-state index is 11.6. The molecule has 0 amide bonds. The van der Waals surface area contributed by atoms with Gasteiger partial charge in [0.25, 0.3) is 0 Å². The minimum Gasteiger partial charge on any atom is -0.424 e. The first kappa shape index (κ1) is 137. The number of rotatable bonds is 22. The second-order valence-electron chi connectivity index (χ2n) is 16.5. The average molecular weight is 2370 g/mol. The summed E-state index contributed by atoms with van der Waals surface area (Å²) in [6.45, 7) is 48.0. The van der Waals surface area contributed by atoms with E-state index in [-0.39, 0.29) is 595 Å². The zero-order valence-corrected chi connectivity index (χ0v) is 101. The Bertz CT molecular complexity index is 892. The van der Waals surface area contributed by atoms with Crippen molar-refractivity contribution in [1.82, 2.24) is 0 Å². The number of hydrogen-bond donors (Lipinski definition) is 1. The van der Waals surface area contributed by atoms with E-state index in [9.17, 15) is 4.80 Å². The molecule has 38 heteroatoms. The SMILES string of the molecule is [B][B]B(CCC[Si](C)(C)O[Si](O)(O[Si]([CH2-])(C)C)O[Si](C)(C)CC)C[Si](C)(C)O[Si](O[Si]([CH2-])(C)C)(O[Si]([CH2-])(C)C)O[Si]([CH2-])(C)C.[Y].[Y].[Y].[Y].[Y].[Y].[Y].[Y].[Y].[Y].[Y].[Y].[Y].[Y].[Y].[Y].[Y].[Y]. The molecule has 0 aromatic rings. The molecule has 0 saturated carbocycles. The van der Waals surface area contributed by atoms with Gasteiger partial charge >= 0.3 is 18.1 Å². The second kappa shape index (κ2) is 65.6. The van der Waals surface area contributed by atoms with Crippen molar-refractivity contribution in [3.8, 4) is 0 Å². The normalized spacial score (nSPS) is 11.5. The first-order valence-corrected chi connectivity index (χ1v) is 40.9. The van der Waals surface area contributed by atoms with Gasteiger partial charge < -0.3 is 59.8 Å². The van der Waals surface area contributed by atoms with Crippen molar-refractivity contribution >= 4 is 97.7 Å². The topological polar surface area (TPSA) is 84.8 Å². The molecule has 0 bridgehead atoms. The van der Waals surface area contributed by atoms with Crippen LogP contribution in [0.15, 0.2) is 0 Å². The predicted octanol–water partition coefficient (Wildman–Crippen LogP) is 6.58. The standard InChI is InChI=1S/C24H64B3O8Si9.18Y/c1-20-40(14,15)33-43(28,29-36(2,3)4)34-41(16,17)23-21-22-27(26-25)24-42(18,19)35-44(30-37(5,6)7,31-38(8,9)10)32-39(11,12)13;;;;;;;;;;;;;;;;;;/h28H,2,5,8,11,20-24H2,1,3-4,6-7,9-10,12-19H3;;;;;;;;;;;;;;;;;;/q-4;;;;;;;;;;;;;;;;;;. The molecule has 0 rings (SSSR count). The summed E-state index contributed by atoms with van der Waals surface area (Å²) in [5.74, 6) is 0.775. The van der Waals surface area contributed by atoms with Gasteiger partial charge in [-0.15, -0.1) is 0 Å². The molecule has 0 aromatic carbocycles. The molecule has 311 valence electrons. The molecular weight excluding hydrogens is 2300 g/mol. The molecule has 1 atom stereocenters. The largest absolute Gasteiger partial charge is 0.643 e. The van der Waals surface area contributed by atoms with Crippen molar-refractivity contribution in [2.75, 3.05) is 0 Å². The van der Waals surface area contributed by atoms with Crippen molar-refractivity contribution in [2.45, 2.75) is 129 Å². The van der Waals surface area contributed by atoms with Gasteiger partial charge in [-0.2, -0.15) is 0 Å². The Morgan fingerprint density at radius 1 is 0.435 bits per heavy atom. The van der Waals surface area contributed by atoms with E-state index in [0.29, 0.717) is 0 Å². The van der Waals surface area contributed by atoms with Gasteiger partial charge in [-0.3, -0.25) is 0 Å². The van der Waals surface area contributed by atoms with E-state index in [1.165, 1.54) is 0 Å². The second-order valence-corrected chi connectivity index (χ2v) is 50.5. The minimum absolute atomic E-state index is 0. The molecule has 0 aliphatic carbocycles. The van der Waals surface area contributed by atoms with Gasteiger partial charge in [-0.25, -0.2) is 0 Å². The summed E-state index contributed by atoms with van der Waals surface area (Å²) in [4.78, 5) is 11.6. The van der Waals surface area contributed by atoms with Crippen LogP contribution in [0.4, 0.5) is 0 Å². The van der Waals surface area contributed by atoms with Crippen LogP contribution < -0.4 is 0 Å². The van der Waals surface area contributed by atoms with E-state index in [2.05, 4.69) is 72.4 Å². The van der Waals surface area contributed by atoms with Gasteiger partial charge in [0.2, 0.25) is 0 Å². The van der Waals surface area contributed by atoms with Gasteiger partial charge in [-0.1, -0.05) is 78.0 Å². The van der Waals surface area contributed by atoms with E-state index in [4.69, 9.17) is 36.5 Å². The molecule has 0 fully saturated rings. The zero-order chi connectivity index (χ0) is 35.3. The zero-order valence-electron chi connectivity index (χ0n) is 41.3. The van der Waals surface area contributed by atoms with Crippen LogP contribution in [0.1, 0.15) is 13.3 Å². The smallest absolute Gasteiger partial charge is 0.424 e. The summed E-state index contributed by atoms with van der Waals surface area (Å²) in [6, 6.07) is 1.68. The van der Waals surface area contributed by atoms with Gasteiger partial charge in [0.15, 0.2) is 25.0 Å². The minimum atomic E-state index is -3.85. The summed E-state index contributed by atoms with van der Waals surface area (Å²) < 4.78 is 45.7. The quantitative estimate of drug-likeness (QED) is 0.0964. The average Bonchev–Trinajstić information content (AvgIpc) is 2.64.